The van der Waals surface area contributed by atoms with Crippen LogP contribution in [0.1, 0.15) is 28.1 Å². The predicted molar refractivity (Wildman–Crippen MR) is 128 cm³/mol. The fourth-order valence-electron chi connectivity index (χ4n) is 4.12. The van der Waals surface area contributed by atoms with Gasteiger partial charge in [0.1, 0.15) is 5.76 Å². The molecule has 0 aliphatic rings. The molecule has 0 saturated heterocycles. The molecule has 5 aromatic rings. The average molecular weight is 435 g/mol. The van der Waals surface area contributed by atoms with E-state index in [2.05, 4.69) is 38.6 Å². The van der Waals surface area contributed by atoms with Crippen LogP contribution in [-0.4, -0.2) is 20.1 Å². The van der Waals surface area contributed by atoms with E-state index in [0.29, 0.717) is 18.1 Å². The van der Waals surface area contributed by atoms with E-state index in [4.69, 9.17) is 9.51 Å². The first kappa shape index (κ1) is 20.5. The Balaban J connectivity index is 1.68. The number of nitrogens with zero attached hydrogens (tertiary/aromatic N) is 4. The summed E-state index contributed by atoms with van der Waals surface area (Å²) in [4.78, 5) is 12.4. The van der Waals surface area contributed by atoms with Gasteiger partial charge >= 0.3 is 0 Å². The van der Waals surface area contributed by atoms with Crippen molar-refractivity contribution in [3.63, 3.8) is 0 Å². The van der Waals surface area contributed by atoms with E-state index in [0.717, 1.165) is 55.9 Å². The molecule has 3 heterocycles. The first-order chi connectivity index (χ1) is 16.0. The minimum atomic E-state index is 0.600. The second-order valence-electron chi connectivity index (χ2n) is 8.06. The summed E-state index contributed by atoms with van der Waals surface area (Å²) >= 11 is 0. The maximum atomic E-state index is 9.47. The molecule has 7 heteroatoms. The Kier molecular flexibility index (Phi) is 5.11. The smallest absolute Gasteiger partial charge is 0.201 e. The normalized spacial score (nSPS) is 11.0. The number of nitriles is 1. The summed E-state index contributed by atoms with van der Waals surface area (Å²) in [7, 11) is 0. The van der Waals surface area contributed by atoms with Crippen LogP contribution < -0.4 is 5.32 Å². The van der Waals surface area contributed by atoms with Gasteiger partial charge in [0.15, 0.2) is 0 Å². The SMILES string of the molecule is Cc1ccc(C#N)cc1-c1cc(-c2c(C)noc2C)cc2[nH]c(NCc3cccnc3)nc12. The van der Waals surface area contributed by atoms with Crippen molar-refractivity contribution in [2.45, 2.75) is 27.3 Å². The number of imidazole rings is 1. The number of aromatic amines is 1. The van der Waals surface area contributed by atoms with E-state index >= 15 is 0 Å². The van der Waals surface area contributed by atoms with Crippen LogP contribution >= 0.6 is 0 Å². The zero-order chi connectivity index (χ0) is 22.9. The fourth-order valence-corrected chi connectivity index (χ4v) is 4.12. The molecule has 7 nitrogen and oxygen atoms in total. The molecule has 5 rings (SSSR count). The van der Waals surface area contributed by atoms with Gasteiger partial charge in [0.2, 0.25) is 5.95 Å². The molecule has 2 aromatic carbocycles. The molecule has 2 N–H and O–H groups in total. The van der Waals surface area contributed by atoms with E-state index in [1.54, 1.807) is 6.20 Å². The first-order valence-electron chi connectivity index (χ1n) is 10.6. The number of benzene rings is 2. The summed E-state index contributed by atoms with van der Waals surface area (Å²) in [6, 6.07) is 16.1. The largest absolute Gasteiger partial charge is 0.361 e. The summed E-state index contributed by atoms with van der Waals surface area (Å²) in [6.45, 7) is 6.49. The van der Waals surface area contributed by atoms with Crippen LogP contribution in [0, 0.1) is 32.1 Å². The Morgan fingerprint density at radius 2 is 1.97 bits per heavy atom. The molecule has 33 heavy (non-hydrogen) atoms. The molecule has 3 aromatic heterocycles. The number of H-pyrrole nitrogens is 1. The third-order valence-electron chi connectivity index (χ3n) is 5.75. The van der Waals surface area contributed by atoms with Crippen LogP contribution in [0.5, 0.6) is 0 Å². The monoisotopic (exact) mass is 434 g/mol. The van der Waals surface area contributed by atoms with Gasteiger partial charge in [-0.05, 0) is 73.4 Å². The Labute approximate surface area is 191 Å². The molecule has 0 saturated carbocycles. The minimum absolute atomic E-state index is 0.600. The number of aryl methyl sites for hydroxylation is 3. The average Bonchev–Trinajstić information content (AvgIpc) is 3.40. The lowest BCUT2D eigenvalue weighted by Gasteiger charge is -2.10. The molecular formula is C26H22N6O. The van der Waals surface area contributed by atoms with Crippen molar-refractivity contribution >= 4 is 17.0 Å². The van der Waals surface area contributed by atoms with Crippen molar-refractivity contribution in [3.05, 3.63) is 83.0 Å². The van der Waals surface area contributed by atoms with Crippen LogP contribution in [0.2, 0.25) is 0 Å². The first-order valence-corrected chi connectivity index (χ1v) is 10.6. The van der Waals surface area contributed by atoms with Gasteiger partial charge in [-0.2, -0.15) is 5.26 Å². The van der Waals surface area contributed by atoms with E-state index in [-0.39, 0.29) is 0 Å². The van der Waals surface area contributed by atoms with Gasteiger partial charge in [-0.25, -0.2) is 4.98 Å². The van der Waals surface area contributed by atoms with E-state index in [1.807, 2.05) is 57.3 Å². The Morgan fingerprint density at radius 1 is 1.09 bits per heavy atom. The van der Waals surface area contributed by atoms with Crippen LogP contribution in [0.15, 0.2) is 59.4 Å². The van der Waals surface area contributed by atoms with Gasteiger partial charge < -0.3 is 14.8 Å². The number of aromatic nitrogens is 4. The number of rotatable bonds is 5. The quantitative estimate of drug-likeness (QED) is 0.368. The molecule has 162 valence electrons. The second-order valence-corrected chi connectivity index (χ2v) is 8.06. The molecule has 0 radical (unpaired) electrons. The highest BCUT2D eigenvalue weighted by Gasteiger charge is 2.18. The maximum absolute atomic E-state index is 9.47. The molecule has 0 aliphatic carbocycles. The van der Waals surface area contributed by atoms with Gasteiger partial charge in [-0.1, -0.05) is 17.3 Å². The Hall–Kier alpha value is -4.44. The highest BCUT2D eigenvalue weighted by atomic mass is 16.5. The lowest BCUT2D eigenvalue weighted by atomic mass is 9.93. The molecule has 0 spiro atoms. The summed E-state index contributed by atoms with van der Waals surface area (Å²) < 4.78 is 5.42. The predicted octanol–water partition coefficient (Wildman–Crippen LogP) is 5.69. The van der Waals surface area contributed by atoms with Crippen LogP contribution in [0.4, 0.5) is 5.95 Å². The fraction of sp³-hybridized carbons (Fsp3) is 0.154. The summed E-state index contributed by atoms with van der Waals surface area (Å²) in [6.07, 6.45) is 3.58. The molecule has 0 aliphatic heterocycles. The molecule has 0 fully saturated rings. The summed E-state index contributed by atoms with van der Waals surface area (Å²) in [5, 5.41) is 16.9. The highest BCUT2D eigenvalue weighted by Crippen LogP contribution is 2.37. The van der Waals surface area contributed by atoms with Crippen molar-refractivity contribution < 1.29 is 4.52 Å². The zero-order valence-electron chi connectivity index (χ0n) is 18.6. The number of hydrogen-bond acceptors (Lipinski definition) is 6. The van der Waals surface area contributed by atoms with Gasteiger partial charge in [0, 0.05) is 30.1 Å². The minimum Gasteiger partial charge on any atom is -0.361 e. The molecule has 0 bridgehead atoms. The standard InChI is InChI=1S/C26H22N6O/c1-15-6-7-18(12-27)9-21(15)22-10-20(24-16(2)32-33-17(24)3)11-23-25(22)31-26(30-23)29-14-19-5-4-8-28-13-19/h4-11,13H,14H2,1-3H3,(H2,29,30,31). The van der Waals surface area contributed by atoms with Gasteiger partial charge in [-0.3, -0.25) is 4.98 Å². The van der Waals surface area contributed by atoms with Gasteiger partial charge in [0.25, 0.3) is 0 Å². The molecule has 0 amide bonds. The van der Waals surface area contributed by atoms with Crippen LogP contribution in [-0.2, 0) is 6.54 Å². The van der Waals surface area contributed by atoms with Crippen molar-refractivity contribution in [2.24, 2.45) is 0 Å². The third-order valence-corrected chi connectivity index (χ3v) is 5.75. The number of nitrogens with one attached hydrogen (secondary N) is 2. The number of pyridine rings is 1. The van der Waals surface area contributed by atoms with E-state index in [9.17, 15) is 5.26 Å². The number of anilines is 1. The second kappa shape index (κ2) is 8.24. The van der Waals surface area contributed by atoms with E-state index < -0.39 is 0 Å². The van der Waals surface area contributed by atoms with Crippen LogP contribution in [0.3, 0.4) is 0 Å². The van der Waals surface area contributed by atoms with Crippen molar-refractivity contribution in [1.29, 1.82) is 5.26 Å². The van der Waals surface area contributed by atoms with E-state index in [1.165, 1.54) is 0 Å². The number of fused-ring (bicyclic) bond motifs is 1. The summed E-state index contributed by atoms with van der Waals surface area (Å²) in [5.41, 5.74) is 9.15. The zero-order valence-corrected chi connectivity index (χ0v) is 18.6. The third kappa shape index (κ3) is 3.83. The van der Waals surface area contributed by atoms with Crippen molar-refractivity contribution in [2.75, 3.05) is 5.32 Å². The molecule has 0 unspecified atom stereocenters. The summed E-state index contributed by atoms with van der Waals surface area (Å²) in [5.74, 6) is 1.43. The Morgan fingerprint density at radius 3 is 2.70 bits per heavy atom. The van der Waals surface area contributed by atoms with Crippen LogP contribution in [0.25, 0.3) is 33.3 Å². The lowest BCUT2D eigenvalue weighted by molar-refractivity contribution is 0.393. The van der Waals surface area contributed by atoms with Gasteiger partial charge in [0.05, 0.1) is 28.4 Å². The lowest BCUT2D eigenvalue weighted by Crippen LogP contribution is -2.00. The highest BCUT2D eigenvalue weighted by molar-refractivity contribution is 5.98. The molecular weight excluding hydrogens is 412 g/mol. The molecule has 0 atom stereocenters. The van der Waals surface area contributed by atoms with Crippen molar-refractivity contribution in [1.82, 2.24) is 20.1 Å². The maximum Gasteiger partial charge on any atom is 0.201 e. The van der Waals surface area contributed by atoms with Crippen molar-refractivity contribution in [3.8, 4) is 28.3 Å². The Bertz CT molecular complexity index is 1490. The topological polar surface area (TPSA) is 103 Å². The van der Waals surface area contributed by atoms with Gasteiger partial charge in [-0.15, -0.1) is 0 Å². The number of hydrogen-bond donors (Lipinski definition) is 2.